The second kappa shape index (κ2) is 5.52. The molecule has 5 nitrogen and oxygen atoms in total. The Bertz CT molecular complexity index is 522. The van der Waals surface area contributed by atoms with Gasteiger partial charge in [0.25, 0.3) is 0 Å². The fraction of sp³-hybridized carbons (Fsp3) is 0.385. The number of nitrogens with zero attached hydrogens (tertiary/aromatic N) is 1. The molecular formula is C13H15NO4S. The molecule has 1 aliphatic rings. The molecule has 0 saturated heterocycles. The van der Waals surface area contributed by atoms with Crippen molar-refractivity contribution in [3.8, 4) is 0 Å². The Morgan fingerprint density at radius 1 is 1.32 bits per heavy atom. The molecule has 0 aromatic heterocycles. The topological polar surface area (TPSA) is 74.7 Å². The lowest BCUT2D eigenvalue weighted by atomic mass is 10.2. The van der Waals surface area contributed by atoms with Gasteiger partial charge in [0.2, 0.25) is 5.91 Å². The lowest BCUT2D eigenvalue weighted by molar-refractivity contribution is -0.127. The summed E-state index contributed by atoms with van der Waals surface area (Å²) in [5, 5.41) is 8.76. The van der Waals surface area contributed by atoms with Crippen LogP contribution in [0.25, 0.3) is 0 Å². The first-order valence-electron chi connectivity index (χ1n) is 5.96. The first kappa shape index (κ1) is 13.7. The third-order valence-corrected chi connectivity index (χ3v) is 4.41. The molecule has 0 heterocycles. The van der Waals surface area contributed by atoms with Crippen LogP contribution in [0.15, 0.2) is 29.2 Å². The molecule has 1 aliphatic carbocycles. The maximum Gasteiger partial charge on any atom is 0.335 e. The maximum atomic E-state index is 12.0. The van der Waals surface area contributed by atoms with E-state index in [4.69, 9.17) is 5.11 Å². The number of carboxylic acid groups (broad SMARTS) is 1. The summed E-state index contributed by atoms with van der Waals surface area (Å²) in [5.74, 6) is -1.22. The van der Waals surface area contributed by atoms with Crippen molar-refractivity contribution in [1.82, 2.24) is 4.90 Å². The third-order valence-electron chi connectivity index (χ3n) is 3.11. The lowest BCUT2D eigenvalue weighted by Crippen LogP contribution is -2.32. The Morgan fingerprint density at radius 3 is 2.37 bits per heavy atom. The van der Waals surface area contributed by atoms with Crippen LogP contribution in [-0.4, -0.2) is 44.9 Å². The zero-order valence-corrected chi connectivity index (χ0v) is 11.4. The zero-order valence-electron chi connectivity index (χ0n) is 10.5. The summed E-state index contributed by atoms with van der Waals surface area (Å²) in [5.41, 5.74) is 0.141. The van der Waals surface area contributed by atoms with Gasteiger partial charge in [-0.3, -0.25) is 9.00 Å². The van der Waals surface area contributed by atoms with E-state index in [1.165, 1.54) is 24.3 Å². The van der Waals surface area contributed by atoms with Crippen molar-refractivity contribution in [1.29, 1.82) is 0 Å². The average Bonchev–Trinajstić information content (AvgIpc) is 3.22. The molecule has 1 fully saturated rings. The second-order valence-electron chi connectivity index (χ2n) is 4.56. The first-order valence-corrected chi connectivity index (χ1v) is 7.28. The molecule has 0 aliphatic heterocycles. The van der Waals surface area contributed by atoms with Crippen molar-refractivity contribution in [3.05, 3.63) is 29.8 Å². The van der Waals surface area contributed by atoms with E-state index in [-0.39, 0.29) is 17.2 Å². The molecule has 0 radical (unpaired) electrons. The van der Waals surface area contributed by atoms with Gasteiger partial charge in [0.05, 0.1) is 16.4 Å². The van der Waals surface area contributed by atoms with E-state index < -0.39 is 16.8 Å². The Morgan fingerprint density at radius 2 is 1.89 bits per heavy atom. The number of hydrogen-bond donors (Lipinski definition) is 1. The molecule has 1 unspecified atom stereocenters. The number of rotatable bonds is 5. The molecule has 1 amide bonds. The van der Waals surface area contributed by atoms with Crippen molar-refractivity contribution < 1.29 is 18.9 Å². The summed E-state index contributed by atoms with van der Waals surface area (Å²) in [6, 6.07) is 6.07. The molecule has 1 N–H and O–H groups in total. The molecule has 6 heteroatoms. The van der Waals surface area contributed by atoms with Crippen molar-refractivity contribution in [2.75, 3.05) is 12.8 Å². The summed E-state index contributed by atoms with van der Waals surface area (Å²) in [4.78, 5) is 24.6. The van der Waals surface area contributed by atoms with Crippen LogP contribution in [0.2, 0.25) is 0 Å². The Labute approximate surface area is 113 Å². The van der Waals surface area contributed by atoms with E-state index in [0.717, 1.165) is 12.8 Å². The molecule has 0 spiro atoms. The number of hydrogen-bond acceptors (Lipinski definition) is 3. The highest BCUT2D eigenvalue weighted by Gasteiger charge is 2.30. The van der Waals surface area contributed by atoms with Gasteiger partial charge in [-0.05, 0) is 37.1 Å². The van der Waals surface area contributed by atoms with E-state index >= 15 is 0 Å². The fourth-order valence-electron chi connectivity index (χ4n) is 1.71. The van der Waals surface area contributed by atoms with E-state index in [2.05, 4.69) is 0 Å². The van der Waals surface area contributed by atoms with Crippen LogP contribution in [0.5, 0.6) is 0 Å². The van der Waals surface area contributed by atoms with Crippen LogP contribution in [0.1, 0.15) is 23.2 Å². The van der Waals surface area contributed by atoms with Gasteiger partial charge in [0.1, 0.15) is 5.75 Å². The molecule has 19 heavy (non-hydrogen) atoms. The van der Waals surface area contributed by atoms with Gasteiger partial charge in [-0.2, -0.15) is 0 Å². The highest BCUT2D eigenvalue weighted by molar-refractivity contribution is 7.85. The van der Waals surface area contributed by atoms with Crippen LogP contribution in [-0.2, 0) is 15.6 Å². The molecule has 1 atom stereocenters. The van der Waals surface area contributed by atoms with Crippen molar-refractivity contribution in [2.24, 2.45) is 0 Å². The summed E-state index contributed by atoms with van der Waals surface area (Å²) in [7, 11) is 0.298. The molecule has 1 aromatic carbocycles. The smallest absolute Gasteiger partial charge is 0.335 e. The summed E-state index contributed by atoms with van der Waals surface area (Å²) in [6.07, 6.45) is 2.03. The minimum Gasteiger partial charge on any atom is -0.478 e. The largest absolute Gasteiger partial charge is 0.478 e. The van der Waals surface area contributed by atoms with Crippen LogP contribution in [0.3, 0.4) is 0 Å². The van der Waals surface area contributed by atoms with Crippen LogP contribution in [0.4, 0.5) is 0 Å². The average molecular weight is 281 g/mol. The van der Waals surface area contributed by atoms with E-state index in [9.17, 15) is 13.8 Å². The van der Waals surface area contributed by atoms with Crippen molar-refractivity contribution in [3.63, 3.8) is 0 Å². The van der Waals surface area contributed by atoms with Gasteiger partial charge in [-0.1, -0.05) is 0 Å². The highest BCUT2D eigenvalue weighted by atomic mass is 32.2. The van der Waals surface area contributed by atoms with Crippen molar-refractivity contribution >= 4 is 22.7 Å². The van der Waals surface area contributed by atoms with Crippen LogP contribution >= 0.6 is 0 Å². The maximum absolute atomic E-state index is 12.0. The molecule has 0 bridgehead atoms. The van der Waals surface area contributed by atoms with Gasteiger partial charge < -0.3 is 10.0 Å². The Kier molecular flexibility index (Phi) is 3.99. The first-order chi connectivity index (χ1) is 8.99. The van der Waals surface area contributed by atoms with Crippen LogP contribution in [0, 0.1) is 0 Å². The molecule has 1 saturated carbocycles. The Balaban J connectivity index is 1.99. The minimum atomic E-state index is -1.43. The normalized spacial score (nSPS) is 15.8. The standard InChI is InChI=1S/C13H15NO4S/c1-14(10-4-5-10)12(15)8-19(18)11-6-2-9(3-7-11)13(16)17/h2-3,6-7,10H,4-5,8H2,1H3,(H,16,17). The third kappa shape index (κ3) is 3.41. The molecule has 102 valence electrons. The summed E-state index contributed by atoms with van der Waals surface area (Å²) >= 11 is 0. The quantitative estimate of drug-likeness (QED) is 0.877. The zero-order chi connectivity index (χ0) is 14.0. The van der Waals surface area contributed by atoms with E-state index in [0.29, 0.717) is 10.9 Å². The SMILES string of the molecule is CN(C(=O)CS(=O)c1ccc(C(=O)O)cc1)C1CC1. The number of aromatic carboxylic acids is 1. The van der Waals surface area contributed by atoms with Gasteiger partial charge in [-0.25, -0.2) is 4.79 Å². The number of carbonyl (C=O) groups is 2. The summed E-state index contributed by atoms with van der Waals surface area (Å²) in [6.45, 7) is 0. The highest BCUT2D eigenvalue weighted by Crippen LogP contribution is 2.25. The number of benzene rings is 1. The molecule has 1 aromatic rings. The number of carboxylic acids is 1. The van der Waals surface area contributed by atoms with Gasteiger partial charge in [0, 0.05) is 18.0 Å². The van der Waals surface area contributed by atoms with Gasteiger partial charge in [-0.15, -0.1) is 0 Å². The predicted octanol–water partition coefficient (Wildman–Crippen LogP) is 1.11. The van der Waals surface area contributed by atoms with Gasteiger partial charge >= 0.3 is 5.97 Å². The fourth-order valence-corrected chi connectivity index (χ4v) is 2.75. The van der Waals surface area contributed by atoms with E-state index in [1.807, 2.05) is 0 Å². The van der Waals surface area contributed by atoms with E-state index in [1.54, 1.807) is 11.9 Å². The molecular weight excluding hydrogens is 266 g/mol. The number of carbonyl (C=O) groups excluding carboxylic acids is 1. The predicted molar refractivity (Wildman–Crippen MR) is 70.5 cm³/mol. The van der Waals surface area contributed by atoms with Gasteiger partial charge in [0.15, 0.2) is 0 Å². The monoisotopic (exact) mass is 281 g/mol. The van der Waals surface area contributed by atoms with Crippen molar-refractivity contribution in [2.45, 2.75) is 23.8 Å². The lowest BCUT2D eigenvalue weighted by Gasteiger charge is -2.15. The summed E-state index contributed by atoms with van der Waals surface area (Å²) < 4.78 is 12.0. The van der Waals surface area contributed by atoms with Crippen LogP contribution < -0.4 is 0 Å². The molecule has 2 rings (SSSR count). The Hall–Kier alpha value is -1.69. The minimum absolute atomic E-state index is 0.0561. The second-order valence-corrected chi connectivity index (χ2v) is 6.01. The number of amides is 1.